The highest BCUT2D eigenvalue weighted by atomic mass is 16.5. The molecule has 1 atom stereocenters. The van der Waals surface area contributed by atoms with E-state index in [1.807, 2.05) is 37.3 Å². The lowest BCUT2D eigenvalue weighted by atomic mass is 10.2. The zero-order chi connectivity index (χ0) is 21.1. The number of nitrogens with zero attached hydrogens (tertiary/aromatic N) is 1. The van der Waals surface area contributed by atoms with Gasteiger partial charge >= 0.3 is 5.63 Å². The Balaban J connectivity index is 1.52. The van der Waals surface area contributed by atoms with Crippen molar-refractivity contribution in [2.24, 2.45) is 0 Å². The van der Waals surface area contributed by atoms with Crippen molar-refractivity contribution in [3.8, 4) is 17.2 Å². The highest BCUT2D eigenvalue weighted by molar-refractivity contribution is 5.94. The topological polar surface area (TPSA) is 81.4 Å². The summed E-state index contributed by atoms with van der Waals surface area (Å²) in [6, 6.07) is 21.5. The van der Waals surface area contributed by atoms with E-state index in [-0.39, 0.29) is 11.8 Å². The van der Waals surface area contributed by atoms with E-state index in [9.17, 15) is 9.59 Å². The number of benzene rings is 3. The first-order chi connectivity index (χ1) is 14.5. The van der Waals surface area contributed by atoms with E-state index in [0.29, 0.717) is 27.9 Å². The van der Waals surface area contributed by atoms with Crippen molar-refractivity contribution >= 4 is 22.5 Å². The molecule has 0 bridgehead atoms. The first-order valence-electron chi connectivity index (χ1n) is 9.54. The van der Waals surface area contributed by atoms with E-state index in [1.54, 1.807) is 49.4 Å². The fourth-order valence-corrected chi connectivity index (χ4v) is 2.99. The van der Waals surface area contributed by atoms with Gasteiger partial charge in [0.25, 0.3) is 5.91 Å². The van der Waals surface area contributed by atoms with Crippen LogP contribution in [0.3, 0.4) is 0 Å². The molecule has 1 amide bonds. The number of aromatic nitrogens is 1. The average molecular weight is 400 g/mol. The number of rotatable bonds is 5. The smallest absolute Gasteiger partial charge is 0.347 e. The zero-order valence-corrected chi connectivity index (χ0v) is 16.6. The van der Waals surface area contributed by atoms with Gasteiger partial charge in [0, 0.05) is 11.3 Å². The fraction of sp³-hybridized carbons (Fsp3) is 0.125. The summed E-state index contributed by atoms with van der Waals surface area (Å²) in [6.07, 6.45) is -0.687. The molecule has 6 heteroatoms. The van der Waals surface area contributed by atoms with Crippen LogP contribution in [0, 0.1) is 6.92 Å². The number of amides is 1. The third-order valence-corrected chi connectivity index (χ3v) is 4.62. The van der Waals surface area contributed by atoms with Gasteiger partial charge in [0.1, 0.15) is 5.75 Å². The molecule has 1 N–H and O–H groups in total. The van der Waals surface area contributed by atoms with Gasteiger partial charge in [0.05, 0.1) is 10.9 Å². The van der Waals surface area contributed by atoms with Crippen molar-refractivity contribution in [2.45, 2.75) is 20.0 Å². The Morgan fingerprint density at radius 3 is 2.60 bits per heavy atom. The summed E-state index contributed by atoms with van der Waals surface area (Å²) in [5, 5.41) is 3.25. The van der Waals surface area contributed by atoms with Gasteiger partial charge in [0.2, 0.25) is 5.89 Å². The minimum absolute atomic E-state index is 0.193. The van der Waals surface area contributed by atoms with Crippen molar-refractivity contribution in [3.63, 3.8) is 0 Å². The van der Waals surface area contributed by atoms with E-state index in [2.05, 4.69) is 10.3 Å². The Hall–Kier alpha value is -3.93. The summed E-state index contributed by atoms with van der Waals surface area (Å²) in [7, 11) is 0. The molecule has 0 aliphatic heterocycles. The van der Waals surface area contributed by atoms with Gasteiger partial charge in [-0.1, -0.05) is 35.9 Å². The Morgan fingerprint density at radius 1 is 1.03 bits per heavy atom. The minimum atomic E-state index is -0.687. The number of aryl methyl sites for hydroxylation is 1. The van der Waals surface area contributed by atoms with Gasteiger partial charge in [0.15, 0.2) is 6.10 Å². The molecule has 0 spiro atoms. The molecule has 3 aromatic carbocycles. The monoisotopic (exact) mass is 400 g/mol. The number of carbonyl (C=O) groups excluding carboxylic acids is 1. The number of para-hydroxylation sites is 1. The summed E-state index contributed by atoms with van der Waals surface area (Å²) >= 11 is 0. The number of anilines is 1. The zero-order valence-electron chi connectivity index (χ0n) is 16.6. The number of hydrogen-bond acceptors (Lipinski definition) is 5. The number of fused-ring (bicyclic) bond motifs is 1. The molecule has 0 saturated heterocycles. The SMILES string of the molecule is Cc1ccc(OC(C)C(=O)Nc2cccc(-c3nc4ccccc4c(=O)o3)c2)cc1. The number of carbonyl (C=O) groups is 1. The maximum absolute atomic E-state index is 12.5. The molecular weight excluding hydrogens is 380 g/mol. The molecular formula is C24H20N2O4. The molecule has 1 heterocycles. The predicted octanol–water partition coefficient (Wildman–Crippen LogP) is 4.57. The van der Waals surface area contributed by atoms with E-state index >= 15 is 0 Å². The van der Waals surface area contributed by atoms with Gasteiger partial charge < -0.3 is 14.5 Å². The lowest BCUT2D eigenvalue weighted by Crippen LogP contribution is -2.30. The normalized spacial score (nSPS) is 11.8. The quantitative estimate of drug-likeness (QED) is 0.531. The molecule has 6 nitrogen and oxygen atoms in total. The predicted molar refractivity (Wildman–Crippen MR) is 116 cm³/mol. The standard InChI is InChI=1S/C24H20N2O4/c1-15-10-12-19(13-11-15)29-16(2)22(27)25-18-7-5-6-17(14-18)23-26-21-9-4-3-8-20(21)24(28)30-23/h3-14,16H,1-2H3,(H,25,27). The first kappa shape index (κ1) is 19.4. The third-order valence-electron chi connectivity index (χ3n) is 4.62. The Kier molecular flexibility index (Phi) is 5.30. The van der Waals surface area contributed by atoms with Gasteiger partial charge in [-0.2, -0.15) is 0 Å². The van der Waals surface area contributed by atoms with Gasteiger partial charge in [-0.25, -0.2) is 9.78 Å². The van der Waals surface area contributed by atoms with Crippen LogP contribution in [0.4, 0.5) is 5.69 Å². The Morgan fingerprint density at radius 2 is 1.80 bits per heavy atom. The molecule has 4 aromatic rings. The van der Waals surface area contributed by atoms with Crippen LogP contribution in [0.1, 0.15) is 12.5 Å². The largest absolute Gasteiger partial charge is 0.481 e. The molecule has 0 fully saturated rings. The molecule has 4 rings (SSSR count). The van der Waals surface area contributed by atoms with Crippen LogP contribution in [0.2, 0.25) is 0 Å². The molecule has 30 heavy (non-hydrogen) atoms. The molecule has 150 valence electrons. The summed E-state index contributed by atoms with van der Waals surface area (Å²) in [5.74, 6) is 0.526. The van der Waals surface area contributed by atoms with Crippen LogP contribution >= 0.6 is 0 Å². The minimum Gasteiger partial charge on any atom is -0.481 e. The number of hydrogen-bond donors (Lipinski definition) is 1. The van der Waals surface area contributed by atoms with Crippen molar-refractivity contribution in [3.05, 3.63) is 88.8 Å². The maximum Gasteiger partial charge on any atom is 0.347 e. The number of nitrogens with one attached hydrogen (secondary N) is 1. The second-order valence-electron chi connectivity index (χ2n) is 6.97. The van der Waals surface area contributed by atoms with Crippen LogP contribution in [-0.4, -0.2) is 17.0 Å². The summed E-state index contributed by atoms with van der Waals surface area (Å²) < 4.78 is 11.1. The van der Waals surface area contributed by atoms with E-state index in [1.165, 1.54) is 0 Å². The third kappa shape index (κ3) is 4.22. The lowest BCUT2D eigenvalue weighted by Gasteiger charge is -2.15. The first-order valence-corrected chi connectivity index (χ1v) is 9.54. The summed E-state index contributed by atoms with van der Waals surface area (Å²) in [6.45, 7) is 3.67. The lowest BCUT2D eigenvalue weighted by molar-refractivity contribution is -0.122. The second kappa shape index (κ2) is 8.21. The molecule has 1 unspecified atom stereocenters. The van der Waals surface area contributed by atoms with Gasteiger partial charge in [-0.3, -0.25) is 4.79 Å². The van der Waals surface area contributed by atoms with Gasteiger partial charge in [-0.05, 0) is 56.3 Å². The van der Waals surface area contributed by atoms with Crippen molar-refractivity contribution < 1.29 is 13.9 Å². The molecule has 0 saturated carbocycles. The van der Waals surface area contributed by atoms with Crippen LogP contribution < -0.4 is 15.7 Å². The summed E-state index contributed by atoms with van der Waals surface area (Å²) in [5.41, 5.74) is 2.35. The van der Waals surface area contributed by atoms with E-state index in [0.717, 1.165) is 5.56 Å². The maximum atomic E-state index is 12.5. The van der Waals surface area contributed by atoms with Crippen molar-refractivity contribution in [1.29, 1.82) is 0 Å². The second-order valence-corrected chi connectivity index (χ2v) is 6.97. The van der Waals surface area contributed by atoms with E-state index in [4.69, 9.17) is 9.15 Å². The highest BCUT2D eigenvalue weighted by Crippen LogP contribution is 2.22. The van der Waals surface area contributed by atoms with E-state index < -0.39 is 11.7 Å². The highest BCUT2D eigenvalue weighted by Gasteiger charge is 2.16. The molecule has 1 aromatic heterocycles. The van der Waals surface area contributed by atoms with Crippen LogP contribution in [0.25, 0.3) is 22.4 Å². The Labute approximate surface area is 173 Å². The van der Waals surface area contributed by atoms with Crippen molar-refractivity contribution in [2.75, 3.05) is 5.32 Å². The Bertz CT molecular complexity index is 1260. The molecule has 0 radical (unpaired) electrons. The van der Waals surface area contributed by atoms with Crippen LogP contribution in [0.5, 0.6) is 5.75 Å². The number of ether oxygens (including phenoxy) is 1. The van der Waals surface area contributed by atoms with Gasteiger partial charge in [-0.15, -0.1) is 0 Å². The van der Waals surface area contributed by atoms with Crippen LogP contribution in [0.15, 0.2) is 82.0 Å². The van der Waals surface area contributed by atoms with Crippen molar-refractivity contribution in [1.82, 2.24) is 4.98 Å². The average Bonchev–Trinajstić information content (AvgIpc) is 2.75. The fourth-order valence-electron chi connectivity index (χ4n) is 2.99. The summed E-state index contributed by atoms with van der Waals surface area (Å²) in [4.78, 5) is 29.2. The van der Waals surface area contributed by atoms with Crippen LogP contribution in [-0.2, 0) is 4.79 Å². The molecule has 0 aliphatic carbocycles. The molecule has 0 aliphatic rings.